The highest BCUT2D eigenvalue weighted by Crippen LogP contribution is 2.29. The van der Waals surface area contributed by atoms with E-state index in [0.717, 1.165) is 29.4 Å². The van der Waals surface area contributed by atoms with E-state index in [0.29, 0.717) is 30.8 Å². The molecule has 0 radical (unpaired) electrons. The third kappa shape index (κ3) is 4.77. The van der Waals surface area contributed by atoms with Gasteiger partial charge in [-0.15, -0.1) is 0 Å². The van der Waals surface area contributed by atoms with Gasteiger partial charge in [0.2, 0.25) is 5.91 Å². The Morgan fingerprint density at radius 2 is 2.04 bits per heavy atom. The maximum Gasteiger partial charge on any atom is 0.321 e. The normalized spacial score (nSPS) is 16.2. The molecule has 1 aromatic carbocycles. The Morgan fingerprint density at radius 1 is 1.33 bits per heavy atom. The monoisotopic (exact) mass is 398 g/mol. The van der Waals surface area contributed by atoms with E-state index < -0.39 is 6.55 Å². The molecule has 0 bridgehead atoms. The lowest BCUT2D eigenvalue weighted by Crippen LogP contribution is -2.55. The number of rotatable bonds is 7. The van der Waals surface area contributed by atoms with Crippen molar-refractivity contribution in [1.82, 2.24) is 19.8 Å². The number of fused-ring (bicyclic) bond motifs is 1. The Hall–Kier alpha value is -1.71. The van der Waals surface area contributed by atoms with Gasteiger partial charge in [0, 0.05) is 25.2 Å². The van der Waals surface area contributed by atoms with Gasteiger partial charge in [-0.1, -0.05) is 23.9 Å². The lowest BCUT2D eigenvalue weighted by Gasteiger charge is -2.40. The number of carbonyl (C=O) groups is 1. The number of ether oxygens (including phenoxy) is 1. The summed E-state index contributed by atoms with van der Waals surface area (Å²) in [6, 6.07) is 6.73. The van der Waals surface area contributed by atoms with Crippen LogP contribution < -0.4 is 5.32 Å². The average Bonchev–Trinajstić information content (AvgIpc) is 3.04. The second-order valence-electron chi connectivity index (χ2n) is 7.01. The molecule has 2 aromatic rings. The minimum Gasteiger partial charge on any atom is -0.379 e. The van der Waals surface area contributed by atoms with Gasteiger partial charge >= 0.3 is 6.55 Å². The van der Waals surface area contributed by atoms with Gasteiger partial charge in [-0.3, -0.25) is 14.3 Å². The molecule has 1 aliphatic rings. The minimum atomic E-state index is -2.71. The first-order valence-electron chi connectivity index (χ1n) is 8.86. The van der Waals surface area contributed by atoms with Crippen LogP contribution in [-0.4, -0.2) is 64.5 Å². The summed E-state index contributed by atoms with van der Waals surface area (Å²) in [4.78, 5) is 18.8. The largest absolute Gasteiger partial charge is 0.379 e. The van der Waals surface area contributed by atoms with Gasteiger partial charge in [0.1, 0.15) is 0 Å². The van der Waals surface area contributed by atoms with Crippen molar-refractivity contribution in [3.63, 3.8) is 0 Å². The third-order valence-corrected chi connectivity index (χ3v) is 5.63. The van der Waals surface area contributed by atoms with Gasteiger partial charge in [0.05, 0.1) is 30.0 Å². The van der Waals surface area contributed by atoms with Crippen LogP contribution in [-0.2, 0) is 9.53 Å². The van der Waals surface area contributed by atoms with Crippen LogP contribution in [0.5, 0.6) is 0 Å². The number of nitrogens with zero attached hydrogens (tertiary/aromatic N) is 3. The van der Waals surface area contributed by atoms with Crippen molar-refractivity contribution in [1.29, 1.82) is 0 Å². The molecule has 1 saturated heterocycles. The molecule has 27 heavy (non-hydrogen) atoms. The molecule has 2 heterocycles. The summed E-state index contributed by atoms with van der Waals surface area (Å²) in [5, 5.41) is 3.05. The summed E-state index contributed by atoms with van der Waals surface area (Å²) >= 11 is 1.02. The molecule has 0 spiro atoms. The number of aromatic nitrogens is 2. The summed E-state index contributed by atoms with van der Waals surface area (Å²) in [7, 11) is 0. The summed E-state index contributed by atoms with van der Waals surface area (Å²) in [6.45, 7) is 4.96. The Bertz CT molecular complexity index is 791. The van der Waals surface area contributed by atoms with Crippen molar-refractivity contribution in [3.05, 3.63) is 24.3 Å². The SMILES string of the molecule is CC(C)(CNC(=O)CSc1nc2ccccc2n1C(F)F)N1CCOCC1. The number of hydrogen-bond acceptors (Lipinski definition) is 5. The number of para-hydroxylation sites is 2. The Kier molecular flexibility index (Phi) is 6.33. The molecule has 9 heteroatoms. The zero-order valence-corrected chi connectivity index (χ0v) is 16.3. The standard InChI is InChI=1S/C18H24F2N4O2S/c1-18(2,23-7-9-26-10-8-23)12-21-15(25)11-27-17-22-13-5-3-4-6-14(13)24(17)16(19)20/h3-6,16H,7-12H2,1-2H3,(H,21,25). The highest BCUT2D eigenvalue weighted by atomic mass is 32.2. The molecule has 1 amide bonds. The van der Waals surface area contributed by atoms with E-state index in [-0.39, 0.29) is 22.4 Å². The van der Waals surface area contributed by atoms with Crippen LogP contribution in [0.3, 0.4) is 0 Å². The summed E-state index contributed by atoms with van der Waals surface area (Å²) in [5.74, 6) is -0.163. The van der Waals surface area contributed by atoms with E-state index in [4.69, 9.17) is 4.74 Å². The molecular formula is C18H24F2N4O2S. The number of nitrogens with one attached hydrogen (secondary N) is 1. The number of alkyl halides is 2. The predicted molar refractivity (Wildman–Crippen MR) is 101 cm³/mol. The number of thioether (sulfide) groups is 1. The molecule has 0 atom stereocenters. The second-order valence-corrected chi connectivity index (χ2v) is 7.95. The number of morpholine rings is 1. The van der Waals surface area contributed by atoms with Gasteiger partial charge in [0.25, 0.3) is 0 Å². The van der Waals surface area contributed by atoms with Gasteiger partial charge < -0.3 is 10.1 Å². The highest BCUT2D eigenvalue weighted by molar-refractivity contribution is 7.99. The molecular weight excluding hydrogens is 374 g/mol. The molecule has 0 saturated carbocycles. The van der Waals surface area contributed by atoms with Gasteiger partial charge in [-0.05, 0) is 26.0 Å². The molecule has 0 unspecified atom stereocenters. The molecule has 6 nitrogen and oxygen atoms in total. The van der Waals surface area contributed by atoms with Crippen LogP contribution in [0.1, 0.15) is 20.4 Å². The minimum absolute atomic E-state index is 0.0369. The van der Waals surface area contributed by atoms with Crippen molar-refractivity contribution >= 4 is 28.7 Å². The number of hydrogen-bond donors (Lipinski definition) is 1. The first kappa shape index (κ1) is 20.0. The molecule has 1 fully saturated rings. The van der Waals surface area contributed by atoms with Crippen molar-refractivity contribution in [2.24, 2.45) is 0 Å². The maximum atomic E-state index is 13.4. The number of benzene rings is 1. The van der Waals surface area contributed by atoms with E-state index >= 15 is 0 Å². The van der Waals surface area contributed by atoms with Crippen LogP contribution in [0.25, 0.3) is 11.0 Å². The van der Waals surface area contributed by atoms with Crippen molar-refractivity contribution in [2.75, 3.05) is 38.6 Å². The number of halogens is 2. The first-order chi connectivity index (χ1) is 12.9. The average molecular weight is 398 g/mol. The zero-order chi connectivity index (χ0) is 19.4. The van der Waals surface area contributed by atoms with Crippen molar-refractivity contribution in [2.45, 2.75) is 31.1 Å². The molecule has 1 aliphatic heterocycles. The molecule has 148 valence electrons. The van der Waals surface area contributed by atoms with E-state index in [1.807, 2.05) is 0 Å². The van der Waals surface area contributed by atoms with Crippen LogP contribution in [0.2, 0.25) is 0 Å². The summed E-state index contributed by atoms with van der Waals surface area (Å²) in [6.07, 6.45) is 0. The molecule has 1 N–H and O–H groups in total. The lowest BCUT2D eigenvalue weighted by molar-refractivity contribution is -0.119. The van der Waals surface area contributed by atoms with E-state index in [9.17, 15) is 13.6 Å². The van der Waals surface area contributed by atoms with Gasteiger partial charge in [-0.2, -0.15) is 8.78 Å². The second kappa shape index (κ2) is 8.53. The smallest absolute Gasteiger partial charge is 0.321 e. The summed E-state index contributed by atoms with van der Waals surface area (Å²) in [5.41, 5.74) is 0.665. The van der Waals surface area contributed by atoms with E-state index in [1.165, 1.54) is 0 Å². The van der Waals surface area contributed by atoms with Crippen LogP contribution in [0.15, 0.2) is 29.4 Å². The molecule has 3 rings (SSSR count). The summed E-state index contributed by atoms with van der Waals surface area (Å²) < 4.78 is 33.1. The molecule has 1 aromatic heterocycles. The van der Waals surface area contributed by atoms with Gasteiger partial charge in [-0.25, -0.2) is 4.98 Å². The predicted octanol–water partition coefficient (Wildman–Crippen LogP) is 2.75. The van der Waals surface area contributed by atoms with Crippen LogP contribution in [0.4, 0.5) is 8.78 Å². The van der Waals surface area contributed by atoms with E-state index in [2.05, 4.69) is 29.0 Å². The zero-order valence-electron chi connectivity index (χ0n) is 15.5. The number of imidazole rings is 1. The highest BCUT2D eigenvalue weighted by Gasteiger charge is 2.28. The van der Waals surface area contributed by atoms with E-state index in [1.54, 1.807) is 24.3 Å². The van der Waals surface area contributed by atoms with Crippen molar-refractivity contribution < 1.29 is 18.3 Å². The van der Waals surface area contributed by atoms with Crippen LogP contribution >= 0.6 is 11.8 Å². The Balaban J connectivity index is 1.58. The van der Waals surface area contributed by atoms with Gasteiger partial charge in [0.15, 0.2) is 5.16 Å². The Labute approximate surface area is 161 Å². The fourth-order valence-corrected chi connectivity index (χ4v) is 3.93. The molecule has 0 aliphatic carbocycles. The fraction of sp³-hybridized carbons (Fsp3) is 0.556. The lowest BCUT2D eigenvalue weighted by atomic mass is 10.0. The van der Waals surface area contributed by atoms with Crippen LogP contribution in [0, 0.1) is 0 Å². The number of carbonyl (C=O) groups excluding carboxylic acids is 1. The number of amides is 1. The third-order valence-electron chi connectivity index (χ3n) is 4.68. The maximum absolute atomic E-state index is 13.4. The fourth-order valence-electron chi connectivity index (χ4n) is 3.09. The first-order valence-corrected chi connectivity index (χ1v) is 9.84. The Morgan fingerprint density at radius 3 is 2.74 bits per heavy atom. The van der Waals surface area contributed by atoms with Crippen molar-refractivity contribution in [3.8, 4) is 0 Å². The topological polar surface area (TPSA) is 59.4 Å². The quantitative estimate of drug-likeness (QED) is 0.727.